The maximum Gasteiger partial charge on any atom is 0.273 e. The normalized spacial score (nSPS) is 12.7. The zero-order chi connectivity index (χ0) is 25.7. The van der Waals surface area contributed by atoms with E-state index in [0.29, 0.717) is 41.0 Å². The minimum Gasteiger partial charge on any atom is -0.497 e. The van der Waals surface area contributed by atoms with E-state index < -0.39 is 0 Å². The van der Waals surface area contributed by atoms with E-state index in [4.69, 9.17) is 18.6 Å². The maximum absolute atomic E-state index is 12.8. The van der Waals surface area contributed by atoms with E-state index in [1.54, 1.807) is 49.6 Å². The van der Waals surface area contributed by atoms with Gasteiger partial charge in [-0.15, -0.1) is 0 Å². The lowest BCUT2D eigenvalue weighted by Crippen LogP contribution is -2.38. The molecule has 2 amide bonds. The van der Waals surface area contributed by atoms with Crippen LogP contribution in [-0.2, 0) is 11.3 Å². The topological polar surface area (TPSA) is 120 Å². The molecule has 36 heavy (non-hydrogen) atoms. The molecule has 0 saturated heterocycles. The molecule has 0 fully saturated rings. The number of fused-ring (bicyclic) bond motifs is 1. The summed E-state index contributed by atoms with van der Waals surface area (Å²) in [6.07, 6.45) is 1.26. The Bertz CT molecular complexity index is 1270. The number of benzene rings is 2. The fourth-order valence-corrected chi connectivity index (χ4v) is 3.48. The van der Waals surface area contributed by atoms with Crippen LogP contribution in [0, 0.1) is 5.92 Å². The second-order valence-corrected chi connectivity index (χ2v) is 8.57. The number of carbonyl (C=O) groups is 3. The average molecular weight is 494 g/mol. The molecule has 1 aromatic heterocycles. The molecule has 1 N–H and O–H groups in total. The van der Waals surface area contributed by atoms with Gasteiger partial charge in [-0.05, 0) is 36.2 Å². The van der Waals surface area contributed by atoms with Crippen LogP contribution in [0.15, 0.2) is 53.1 Å². The van der Waals surface area contributed by atoms with Crippen molar-refractivity contribution < 1.29 is 33.0 Å². The monoisotopic (exact) mass is 493 g/mol. The Hall–Kier alpha value is -4.34. The van der Waals surface area contributed by atoms with Crippen molar-refractivity contribution in [3.8, 4) is 17.2 Å². The number of nitrogens with zero attached hydrogens (tertiary/aromatic N) is 2. The first-order chi connectivity index (χ1) is 17.3. The van der Waals surface area contributed by atoms with Crippen molar-refractivity contribution in [3.63, 3.8) is 0 Å². The van der Waals surface area contributed by atoms with E-state index in [1.807, 2.05) is 13.8 Å². The van der Waals surface area contributed by atoms with Crippen LogP contribution in [0.3, 0.4) is 0 Å². The van der Waals surface area contributed by atoms with Crippen molar-refractivity contribution in [1.82, 2.24) is 10.3 Å². The fraction of sp³-hybridized carbons (Fsp3) is 0.308. The fourth-order valence-electron chi connectivity index (χ4n) is 3.48. The van der Waals surface area contributed by atoms with Crippen LogP contribution in [0.4, 0.5) is 5.69 Å². The van der Waals surface area contributed by atoms with Crippen LogP contribution in [0.2, 0.25) is 0 Å². The number of hydrogen-bond acceptors (Lipinski definition) is 8. The minimum absolute atomic E-state index is 0.0232. The summed E-state index contributed by atoms with van der Waals surface area (Å²) in [7, 11) is 1.55. The van der Waals surface area contributed by atoms with E-state index in [-0.39, 0.29) is 48.9 Å². The number of rotatable bonds is 10. The molecule has 0 aliphatic carbocycles. The molecule has 3 aromatic rings. The van der Waals surface area contributed by atoms with Gasteiger partial charge in [0.05, 0.1) is 12.8 Å². The number of ether oxygens (including phenoxy) is 3. The van der Waals surface area contributed by atoms with Crippen molar-refractivity contribution in [2.45, 2.75) is 20.4 Å². The van der Waals surface area contributed by atoms with Gasteiger partial charge in [0.25, 0.3) is 11.8 Å². The predicted octanol–water partition coefficient (Wildman–Crippen LogP) is 3.26. The first kappa shape index (κ1) is 24.8. The molecule has 0 spiro atoms. The van der Waals surface area contributed by atoms with Gasteiger partial charge in [-0.3, -0.25) is 19.3 Å². The highest BCUT2D eigenvalue weighted by molar-refractivity contribution is 6.02. The third kappa shape index (κ3) is 5.83. The van der Waals surface area contributed by atoms with E-state index in [2.05, 4.69) is 10.3 Å². The lowest BCUT2D eigenvalue weighted by molar-refractivity contribution is -0.121. The number of hydrogen-bond donors (Lipinski definition) is 1. The quantitative estimate of drug-likeness (QED) is 0.428. The summed E-state index contributed by atoms with van der Waals surface area (Å²) in [6, 6.07) is 11.8. The summed E-state index contributed by atoms with van der Waals surface area (Å²) in [4.78, 5) is 43.4. The maximum atomic E-state index is 12.8. The van der Waals surface area contributed by atoms with Crippen molar-refractivity contribution in [3.05, 3.63) is 65.9 Å². The van der Waals surface area contributed by atoms with Crippen molar-refractivity contribution in [2.24, 2.45) is 5.92 Å². The molecular formula is C26H27N3O7. The smallest absolute Gasteiger partial charge is 0.273 e. The number of oxazole rings is 1. The van der Waals surface area contributed by atoms with Crippen molar-refractivity contribution in [2.75, 3.05) is 31.8 Å². The van der Waals surface area contributed by atoms with E-state index in [1.165, 1.54) is 11.2 Å². The molecule has 4 rings (SSSR count). The van der Waals surface area contributed by atoms with Crippen molar-refractivity contribution >= 4 is 23.3 Å². The highest BCUT2D eigenvalue weighted by Crippen LogP contribution is 2.34. The van der Waals surface area contributed by atoms with Gasteiger partial charge in [-0.2, -0.15) is 0 Å². The molecule has 188 valence electrons. The Morgan fingerprint density at radius 3 is 2.75 bits per heavy atom. The minimum atomic E-state index is -0.351. The van der Waals surface area contributed by atoms with Gasteiger partial charge in [0.2, 0.25) is 5.89 Å². The standard InChI is InChI=1S/C26H27N3O7/c1-16(2)11-27-26(32)20-13-36-24(28-20)12-29-21-9-17(7-8-23(21)35-15-25(29)31)22(30)14-34-19-6-4-5-18(10-19)33-3/h4-10,13,16H,11-12,14-15H2,1-3H3,(H,27,32). The molecule has 10 nitrogen and oxygen atoms in total. The largest absolute Gasteiger partial charge is 0.497 e. The molecule has 0 radical (unpaired) electrons. The number of anilines is 1. The van der Waals surface area contributed by atoms with E-state index >= 15 is 0 Å². The highest BCUT2D eigenvalue weighted by Gasteiger charge is 2.28. The Kier molecular flexibility index (Phi) is 7.53. The molecule has 0 atom stereocenters. The van der Waals surface area contributed by atoms with Gasteiger partial charge in [0, 0.05) is 18.2 Å². The first-order valence-corrected chi connectivity index (χ1v) is 11.4. The molecular weight excluding hydrogens is 466 g/mol. The highest BCUT2D eigenvalue weighted by atomic mass is 16.5. The number of nitrogens with one attached hydrogen (secondary N) is 1. The summed E-state index contributed by atoms with van der Waals surface area (Å²) in [5.74, 6) is 1.08. The van der Waals surface area contributed by atoms with Gasteiger partial charge in [0.15, 0.2) is 24.7 Å². The van der Waals surface area contributed by atoms with E-state index in [0.717, 1.165) is 0 Å². The zero-order valence-corrected chi connectivity index (χ0v) is 20.3. The summed E-state index contributed by atoms with van der Waals surface area (Å²) in [5, 5.41) is 2.77. The lowest BCUT2D eigenvalue weighted by atomic mass is 10.1. The second-order valence-electron chi connectivity index (χ2n) is 8.57. The molecule has 0 unspecified atom stereocenters. The average Bonchev–Trinajstić information content (AvgIpc) is 3.36. The molecule has 0 bridgehead atoms. The van der Waals surface area contributed by atoms with Gasteiger partial charge in [-0.1, -0.05) is 19.9 Å². The summed E-state index contributed by atoms with van der Waals surface area (Å²) in [6.45, 7) is 4.09. The Balaban J connectivity index is 1.47. The van der Waals surface area contributed by atoms with Crippen LogP contribution in [0.1, 0.15) is 40.6 Å². The molecule has 1 aliphatic rings. The summed E-state index contributed by atoms with van der Waals surface area (Å²) >= 11 is 0. The van der Waals surface area contributed by atoms with Gasteiger partial charge in [-0.25, -0.2) is 4.98 Å². The number of Topliss-reactive ketones (excluding diaryl/α,β-unsaturated/α-hetero) is 1. The first-order valence-electron chi connectivity index (χ1n) is 11.4. The molecule has 10 heteroatoms. The van der Waals surface area contributed by atoms with Crippen LogP contribution in [-0.4, -0.2) is 49.4 Å². The SMILES string of the molecule is COc1cccc(OCC(=O)c2ccc3c(c2)N(Cc2nc(C(=O)NCC(C)C)co2)C(=O)CO3)c1. The predicted molar refractivity (Wildman–Crippen MR) is 130 cm³/mol. The Labute approximate surface area is 208 Å². The van der Waals surface area contributed by atoms with Crippen molar-refractivity contribution in [1.29, 1.82) is 0 Å². The molecule has 1 aliphatic heterocycles. The van der Waals surface area contributed by atoms with Crippen LogP contribution < -0.4 is 24.4 Å². The van der Waals surface area contributed by atoms with Crippen LogP contribution in [0.5, 0.6) is 17.2 Å². The number of ketones is 1. The number of amides is 2. The number of carbonyl (C=O) groups excluding carboxylic acids is 3. The summed E-state index contributed by atoms with van der Waals surface area (Å²) < 4.78 is 21.7. The number of methoxy groups -OCH3 is 1. The summed E-state index contributed by atoms with van der Waals surface area (Å²) in [5.41, 5.74) is 0.883. The van der Waals surface area contributed by atoms with Gasteiger partial charge < -0.3 is 23.9 Å². The second kappa shape index (κ2) is 10.9. The zero-order valence-electron chi connectivity index (χ0n) is 20.3. The molecule has 2 aromatic carbocycles. The lowest BCUT2D eigenvalue weighted by Gasteiger charge is -2.28. The van der Waals surface area contributed by atoms with E-state index in [9.17, 15) is 14.4 Å². The van der Waals surface area contributed by atoms with Crippen LogP contribution in [0.25, 0.3) is 0 Å². The molecule has 2 heterocycles. The Morgan fingerprint density at radius 2 is 1.97 bits per heavy atom. The molecule has 0 saturated carbocycles. The Morgan fingerprint density at radius 1 is 1.17 bits per heavy atom. The van der Waals surface area contributed by atoms with Gasteiger partial charge >= 0.3 is 0 Å². The number of aromatic nitrogens is 1. The third-order valence-electron chi connectivity index (χ3n) is 5.38. The van der Waals surface area contributed by atoms with Gasteiger partial charge in [0.1, 0.15) is 30.1 Å². The van der Waals surface area contributed by atoms with Crippen LogP contribution >= 0.6 is 0 Å². The third-order valence-corrected chi connectivity index (χ3v) is 5.38.